The average Bonchev–Trinajstić information content (AvgIpc) is 3.00. The van der Waals surface area contributed by atoms with Crippen LogP contribution in [-0.4, -0.2) is 4.98 Å². The summed E-state index contributed by atoms with van der Waals surface area (Å²) in [6, 6.07) is 8.65. The number of para-hydroxylation sites is 1. The maximum Gasteiger partial charge on any atom is 0.0459 e. The summed E-state index contributed by atoms with van der Waals surface area (Å²) in [7, 11) is 0. The first-order valence-corrected chi connectivity index (χ1v) is 5.60. The Labute approximate surface area is 89.5 Å². The Kier molecular flexibility index (Phi) is 1.86. The Morgan fingerprint density at radius 2 is 2.07 bits per heavy atom. The molecular formula is C13H16N2. The molecule has 1 saturated carbocycles. The number of benzene rings is 1. The van der Waals surface area contributed by atoms with E-state index in [-0.39, 0.29) is 6.04 Å². The van der Waals surface area contributed by atoms with Gasteiger partial charge >= 0.3 is 0 Å². The zero-order chi connectivity index (χ0) is 10.4. The lowest BCUT2D eigenvalue weighted by Crippen LogP contribution is -2.12. The monoisotopic (exact) mass is 200 g/mol. The number of hydrogen-bond acceptors (Lipinski definition) is 1. The Bertz CT molecular complexity index is 494. The molecule has 3 rings (SSSR count). The number of aryl methyl sites for hydroxylation is 1. The topological polar surface area (TPSA) is 41.8 Å². The molecule has 1 unspecified atom stereocenters. The van der Waals surface area contributed by atoms with E-state index in [0.29, 0.717) is 5.92 Å². The predicted molar refractivity (Wildman–Crippen MR) is 62.7 cm³/mol. The molecule has 78 valence electrons. The van der Waals surface area contributed by atoms with E-state index < -0.39 is 0 Å². The molecule has 2 nitrogen and oxygen atoms in total. The normalized spacial score (nSPS) is 18.3. The lowest BCUT2D eigenvalue weighted by molar-refractivity contribution is 0.634. The van der Waals surface area contributed by atoms with Crippen molar-refractivity contribution in [3.63, 3.8) is 0 Å². The van der Waals surface area contributed by atoms with E-state index in [1.54, 1.807) is 0 Å². The third-order valence-electron chi connectivity index (χ3n) is 3.41. The first-order valence-electron chi connectivity index (χ1n) is 5.60. The smallest absolute Gasteiger partial charge is 0.0459 e. The Morgan fingerprint density at radius 1 is 1.33 bits per heavy atom. The van der Waals surface area contributed by atoms with Crippen molar-refractivity contribution in [3.05, 3.63) is 35.5 Å². The zero-order valence-corrected chi connectivity index (χ0v) is 8.96. The van der Waals surface area contributed by atoms with E-state index in [2.05, 4.69) is 36.2 Å². The average molecular weight is 200 g/mol. The minimum atomic E-state index is 0.223. The second-order valence-electron chi connectivity index (χ2n) is 4.57. The summed E-state index contributed by atoms with van der Waals surface area (Å²) in [5.74, 6) is 0.711. The first-order chi connectivity index (χ1) is 7.27. The summed E-state index contributed by atoms with van der Waals surface area (Å²) in [4.78, 5) is 3.41. The van der Waals surface area contributed by atoms with Crippen LogP contribution in [0.2, 0.25) is 0 Å². The number of fused-ring (bicyclic) bond motifs is 1. The van der Waals surface area contributed by atoms with Crippen molar-refractivity contribution in [1.29, 1.82) is 0 Å². The molecule has 1 aliphatic rings. The van der Waals surface area contributed by atoms with E-state index >= 15 is 0 Å². The van der Waals surface area contributed by atoms with Crippen molar-refractivity contribution >= 4 is 10.9 Å². The molecule has 1 heterocycles. The van der Waals surface area contributed by atoms with Crippen LogP contribution in [-0.2, 0) is 0 Å². The number of hydrogen-bond donors (Lipinski definition) is 2. The molecule has 0 radical (unpaired) electrons. The van der Waals surface area contributed by atoms with Gasteiger partial charge in [-0.2, -0.15) is 0 Å². The summed E-state index contributed by atoms with van der Waals surface area (Å²) < 4.78 is 0. The van der Waals surface area contributed by atoms with Crippen LogP contribution in [0.5, 0.6) is 0 Å². The lowest BCUT2D eigenvalue weighted by atomic mass is 10.00. The molecule has 15 heavy (non-hydrogen) atoms. The largest absolute Gasteiger partial charge is 0.358 e. The zero-order valence-electron chi connectivity index (χ0n) is 8.96. The van der Waals surface area contributed by atoms with Crippen LogP contribution in [0.4, 0.5) is 0 Å². The molecule has 0 saturated heterocycles. The van der Waals surface area contributed by atoms with Crippen LogP contribution in [0, 0.1) is 12.8 Å². The standard InChI is InChI=1S/C13H16N2/c1-8-12(13(14)9-6-7-9)10-4-2-3-5-11(10)15-8/h2-5,9,13,15H,6-7,14H2,1H3. The van der Waals surface area contributed by atoms with Gasteiger partial charge in [-0.1, -0.05) is 18.2 Å². The third-order valence-corrected chi connectivity index (χ3v) is 3.41. The summed E-state index contributed by atoms with van der Waals surface area (Å²) in [5.41, 5.74) is 10.1. The first kappa shape index (κ1) is 8.98. The van der Waals surface area contributed by atoms with Gasteiger partial charge in [0.05, 0.1) is 0 Å². The van der Waals surface area contributed by atoms with Crippen LogP contribution in [0.25, 0.3) is 10.9 Å². The molecule has 1 aliphatic carbocycles. The van der Waals surface area contributed by atoms with Crippen molar-refractivity contribution < 1.29 is 0 Å². The van der Waals surface area contributed by atoms with Gasteiger partial charge in [0, 0.05) is 22.6 Å². The van der Waals surface area contributed by atoms with Crippen molar-refractivity contribution in [2.45, 2.75) is 25.8 Å². The minimum Gasteiger partial charge on any atom is -0.358 e. The second-order valence-corrected chi connectivity index (χ2v) is 4.57. The number of aromatic amines is 1. The highest BCUT2D eigenvalue weighted by molar-refractivity contribution is 5.85. The summed E-state index contributed by atoms with van der Waals surface area (Å²) >= 11 is 0. The molecule has 0 bridgehead atoms. The van der Waals surface area contributed by atoms with Crippen molar-refractivity contribution in [3.8, 4) is 0 Å². The number of aromatic nitrogens is 1. The quantitative estimate of drug-likeness (QED) is 0.769. The molecule has 3 N–H and O–H groups in total. The molecule has 1 atom stereocenters. The fraction of sp³-hybridized carbons (Fsp3) is 0.385. The number of rotatable bonds is 2. The van der Waals surface area contributed by atoms with Gasteiger partial charge in [-0.3, -0.25) is 0 Å². The van der Waals surface area contributed by atoms with Gasteiger partial charge in [-0.15, -0.1) is 0 Å². The van der Waals surface area contributed by atoms with Crippen LogP contribution in [0.1, 0.15) is 30.1 Å². The highest BCUT2D eigenvalue weighted by Crippen LogP contribution is 2.42. The molecule has 1 aromatic heterocycles. The highest BCUT2D eigenvalue weighted by Gasteiger charge is 2.31. The number of H-pyrrole nitrogens is 1. The maximum atomic E-state index is 6.29. The van der Waals surface area contributed by atoms with Crippen LogP contribution in [0.3, 0.4) is 0 Å². The Morgan fingerprint density at radius 3 is 2.80 bits per heavy atom. The molecule has 0 spiro atoms. The van der Waals surface area contributed by atoms with E-state index in [0.717, 1.165) is 0 Å². The second kappa shape index (κ2) is 3.11. The molecular weight excluding hydrogens is 184 g/mol. The SMILES string of the molecule is Cc1[nH]c2ccccc2c1C(N)C1CC1. The number of nitrogens with one attached hydrogen (secondary N) is 1. The van der Waals surface area contributed by atoms with E-state index in [4.69, 9.17) is 5.73 Å². The molecule has 2 aromatic rings. The van der Waals surface area contributed by atoms with E-state index in [1.807, 2.05) is 0 Å². The minimum absolute atomic E-state index is 0.223. The Hall–Kier alpha value is -1.28. The third kappa shape index (κ3) is 1.37. The van der Waals surface area contributed by atoms with Gasteiger partial charge in [-0.05, 0) is 37.3 Å². The maximum absolute atomic E-state index is 6.29. The highest BCUT2D eigenvalue weighted by atomic mass is 14.8. The van der Waals surface area contributed by atoms with Crippen molar-refractivity contribution in [1.82, 2.24) is 4.98 Å². The van der Waals surface area contributed by atoms with Crippen molar-refractivity contribution in [2.75, 3.05) is 0 Å². The van der Waals surface area contributed by atoms with Crippen LogP contribution < -0.4 is 5.73 Å². The Balaban J connectivity index is 2.18. The molecule has 1 fully saturated rings. The number of nitrogens with two attached hydrogens (primary N) is 1. The van der Waals surface area contributed by atoms with Crippen molar-refractivity contribution in [2.24, 2.45) is 11.7 Å². The van der Waals surface area contributed by atoms with Gasteiger partial charge in [0.25, 0.3) is 0 Å². The van der Waals surface area contributed by atoms with E-state index in [1.165, 1.54) is 35.0 Å². The molecule has 2 heteroatoms. The molecule has 0 aliphatic heterocycles. The fourth-order valence-corrected chi connectivity index (χ4v) is 2.42. The van der Waals surface area contributed by atoms with Crippen LogP contribution in [0.15, 0.2) is 24.3 Å². The van der Waals surface area contributed by atoms with Gasteiger partial charge < -0.3 is 10.7 Å². The summed E-state index contributed by atoms with van der Waals surface area (Å²) in [5, 5.41) is 1.30. The molecule has 0 amide bonds. The molecule has 1 aromatic carbocycles. The summed E-state index contributed by atoms with van der Waals surface area (Å²) in [6.07, 6.45) is 2.58. The van der Waals surface area contributed by atoms with E-state index in [9.17, 15) is 0 Å². The van der Waals surface area contributed by atoms with Gasteiger partial charge in [-0.25, -0.2) is 0 Å². The summed E-state index contributed by atoms with van der Waals surface area (Å²) in [6.45, 7) is 2.12. The lowest BCUT2D eigenvalue weighted by Gasteiger charge is -2.10. The van der Waals surface area contributed by atoms with Crippen LogP contribution >= 0.6 is 0 Å². The fourth-order valence-electron chi connectivity index (χ4n) is 2.42. The van der Waals surface area contributed by atoms with Gasteiger partial charge in [0.1, 0.15) is 0 Å². The van der Waals surface area contributed by atoms with Gasteiger partial charge in [0.2, 0.25) is 0 Å². The predicted octanol–water partition coefficient (Wildman–Crippen LogP) is 2.89. The van der Waals surface area contributed by atoms with Gasteiger partial charge in [0.15, 0.2) is 0 Å².